The highest BCUT2D eigenvalue weighted by atomic mass is 32.2. The van der Waals surface area contributed by atoms with Gasteiger partial charge in [0.05, 0.1) is 11.0 Å². The Morgan fingerprint density at radius 3 is 2.59 bits per heavy atom. The minimum Gasteiger partial charge on any atom is -0.491 e. The van der Waals surface area contributed by atoms with E-state index in [0.29, 0.717) is 24.5 Å². The molecule has 1 saturated heterocycles. The van der Waals surface area contributed by atoms with E-state index in [1.54, 1.807) is 30.3 Å². The number of rotatable bonds is 10. The van der Waals surface area contributed by atoms with Crippen LogP contribution in [0, 0.1) is 12.8 Å². The van der Waals surface area contributed by atoms with Crippen molar-refractivity contribution in [2.75, 3.05) is 18.5 Å². The standard InChI is InChI=1S/C24H32N2O5S/c1-17(2)14-23(26-32(28,29)22-11-9-18(3)10-12-22)24(27)25-19-6-4-7-20(15-19)31-16-21-8-5-13-30-21/h4,6-7,9-12,15,17,21,23,26H,5,8,13-14,16H2,1-3H3,(H,25,27). The predicted octanol–water partition coefficient (Wildman–Crippen LogP) is 3.88. The summed E-state index contributed by atoms with van der Waals surface area (Å²) < 4.78 is 39.6. The number of nitrogens with one attached hydrogen (secondary N) is 2. The van der Waals surface area contributed by atoms with Crippen LogP contribution < -0.4 is 14.8 Å². The van der Waals surface area contributed by atoms with E-state index in [1.165, 1.54) is 12.1 Å². The van der Waals surface area contributed by atoms with Crippen LogP contribution in [0.2, 0.25) is 0 Å². The molecule has 2 aromatic rings. The molecule has 2 atom stereocenters. The molecule has 0 saturated carbocycles. The van der Waals surface area contributed by atoms with Crippen LogP contribution in [-0.2, 0) is 19.6 Å². The van der Waals surface area contributed by atoms with Gasteiger partial charge >= 0.3 is 0 Å². The first-order valence-corrected chi connectivity index (χ1v) is 12.5. The molecule has 174 valence electrons. The number of ether oxygens (including phenoxy) is 2. The first-order valence-electron chi connectivity index (χ1n) is 11.0. The van der Waals surface area contributed by atoms with Crippen molar-refractivity contribution < 1.29 is 22.7 Å². The predicted molar refractivity (Wildman–Crippen MR) is 124 cm³/mol. The average molecular weight is 461 g/mol. The zero-order valence-electron chi connectivity index (χ0n) is 18.8. The van der Waals surface area contributed by atoms with E-state index in [0.717, 1.165) is 25.0 Å². The third kappa shape index (κ3) is 7.05. The maximum absolute atomic E-state index is 13.0. The fourth-order valence-electron chi connectivity index (χ4n) is 3.51. The van der Waals surface area contributed by atoms with Gasteiger partial charge in [-0.15, -0.1) is 0 Å². The average Bonchev–Trinajstić information content (AvgIpc) is 3.25. The highest BCUT2D eigenvalue weighted by molar-refractivity contribution is 7.89. The van der Waals surface area contributed by atoms with Crippen molar-refractivity contribution in [2.24, 2.45) is 5.92 Å². The zero-order valence-corrected chi connectivity index (χ0v) is 19.7. The topological polar surface area (TPSA) is 93.7 Å². The van der Waals surface area contributed by atoms with Crippen LogP contribution >= 0.6 is 0 Å². The number of anilines is 1. The molecule has 2 unspecified atom stereocenters. The number of hydrogen-bond donors (Lipinski definition) is 2. The molecule has 1 amide bonds. The molecule has 2 aromatic carbocycles. The fourth-order valence-corrected chi connectivity index (χ4v) is 4.72. The molecule has 1 aliphatic rings. The molecule has 1 fully saturated rings. The Balaban J connectivity index is 1.67. The number of amides is 1. The zero-order chi connectivity index (χ0) is 23.1. The number of hydrogen-bond acceptors (Lipinski definition) is 5. The summed E-state index contributed by atoms with van der Waals surface area (Å²) in [6.07, 6.45) is 2.49. The van der Waals surface area contributed by atoms with Gasteiger partial charge in [-0.2, -0.15) is 4.72 Å². The molecule has 8 heteroatoms. The number of benzene rings is 2. The van der Waals surface area contributed by atoms with Crippen molar-refractivity contribution in [3.8, 4) is 5.75 Å². The number of sulfonamides is 1. The molecule has 3 rings (SSSR count). The minimum atomic E-state index is -3.83. The molecule has 0 aliphatic carbocycles. The summed E-state index contributed by atoms with van der Waals surface area (Å²) in [6, 6.07) is 12.7. The molecule has 1 heterocycles. The van der Waals surface area contributed by atoms with Crippen LogP contribution in [0.5, 0.6) is 5.75 Å². The van der Waals surface area contributed by atoms with E-state index in [2.05, 4.69) is 10.0 Å². The van der Waals surface area contributed by atoms with Gasteiger partial charge < -0.3 is 14.8 Å². The molecular weight excluding hydrogens is 428 g/mol. The normalized spacial score (nSPS) is 17.3. The van der Waals surface area contributed by atoms with Crippen molar-refractivity contribution >= 4 is 21.6 Å². The van der Waals surface area contributed by atoms with Gasteiger partial charge in [0.1, 0.15) is 18.4 Å². The van der Waals surface area contributed by atoms with E-state index in [9.17, 15) is 13.2 Å². The Kier molecular flexibility index (Phi) is 8.28. The lowest BCUT2D eigenvalue weighted by Gasteiger charge is -2.20. The van der Waals surface area contributed by atoms with E-state index in [-0.39, 0.29) is 16.9 Å². The number of carbonyl (C=O) groups excluding carboxylic acids is 1. The fraction of sp³-hybridized carbons (Fsp3) is 0.458. The first-order chi connectivity index (χ1) is 15.2. The second kappa shape index (κ2) is 10.9. The van der Waals surface area contributed by atoms with Gasteiger partial charge in [0.25, 0.3) is 0 Å². The van der Waals surface area contributed by atoms with E-state index < -0.39 is 22.0 Å². The third-order valence-corrected chi connectivity index (χ3v) is 6.70. The lowest BCUT2D eigenvalue weighted by molar-refractivity contribution is -0.118. The SMILES string of the molecule is Cc1ccc(S(=O)(=O)NC(CC(C)C)C(=O)Nc2cccc(OCC3CCCO3)c2)cc1. The van der Waals surface area contributed by atoms with Crippen molar-refractivity contribution in [2.45, 2.75) is 57.1 Å². The van der Waals surface area contributed by atoms with Gasteiger partial charge in [-0.1, -0.05) is 37.6 Å². The Labute approximate surface area is 190 Å². The Morgan fingerprint density at radius 1 is 1.19 bits per heavy atom. The lowest BCUT2D eigenvalue weighted by Crippen LogP contribution is -2.44. The highest BCUT2D eigenvalue weighted by Crippen LogP contribution is 2.21. The van der Waals surface area contributed by atoms with Crippen LogP contribution in [0.3, 0.4) is 0 Å². The van der Waals surface area contributed by atoms with Crippen LogP contribution in [0.4, 0.5) is 5.69 Å². The Bertz CT molecular complexity index is 999. The Hall–Kier alpha value is -2.42. The summed E-state index contributed by atoms with van der Waals surface area (Å²) in [7, 11) is -3.83. The summed E-state index contributed by atoms with van der Waals surface area (Å²) in [4.78, 5) is 13.1. The maximum atomic E-state index is 13.0. The van der Waals surface area contributed by atoms with Gasteiger partial charge in [0, 0.05) is 18.4 Å². The molecule has 0 aromatic heterocycles. The molecule has 7 nitrogen and oxygen atoms in total. The van der Waals surface area contributed by atoms with Crippen molar-refractivity contribution in [3.63, 3.8) is 0 Å². The lowest BCUT2D eigenvalue weighted by atomic mass is 10.0. The van der Waals surface area contributed by atoms with Crippen LogP contribution in [0.15, 0.2) is 53.4 Å². The van der Waals surface area contributed by atoms with Crippen molar-refractivity contribution in [1.82, 2.24) is 4.72 Å². The summed E-state index contributed by atoms with van der Waals surface area (Å²) in [5.41, 5.74) is 1.50. The van der Waals surface area contributed by atoms with Gasteiger partial charge in [-0.05, 0) is 56.4 Å². The van der Waals surface area contributed by atoms with Gasteiger partial charge in [-0.3, -0.25) is 4.79 Å². The second-order valence-electron chi connectivity index (χ2n) is 8.58. The van der Waals surface area contributed by atoms with Gasteiger partial charge in [-0.25, -0.2) is 8.42 Å². The molecule has 0 bridgehead atoms. The second-order valence-corrected chi connectivity index (χ2v) is 10.3. The van der Waals surface area contributed by atoms with E-state index in [4.69, 9.17) is 9.47 Å². The minimum absolute atomic E-state index is 0.0971. The van der Waals surface area contributed by atoms with Crippen LogP contribution in [0.25, 0.3) is 0 Å². The maximum Gasteiger partial charge on any atom is 0.242 e. The summed E-state index contributed by atoms with van der Waals surface area (Å²) in [5.74, 6) is 0.331. The monoisotopic (exact) mass is 460 g/mol. The molecule has 1 aliphatic heterocycles. The molecule has 0 spiro atoms. The quantitative estimate of drug-likeness (QED) is 0.561. The largest absolute Gasteiger partial charge is 0.491 e. The molecule has 2 N–H and O–H groups in total. The summed E-state index contributed by atoms with van der Waals surface area (Å²) in [5, 5.41) is 2.82. The molecule has 0 radical (unpaired) electrons. The van der Waals surface area contributed by atoms with Crippen LogP contribution in [0.1, 0.15) is 38.7 Å². The van der Waals surface area contributed by atoms with Crippen molar-refractivity contribution in [1.29, 1.82) is 0 Å². The molecular formula is C24H32N2O5S. The smallest absolute Gasteiger partial charge is 0.242 e. The van der Waals surface area contributed by atoms with Gasteiger partial charge in [0.15, 0.2) is 0 Å². The summed E-state index contributed by atoms with van der Waals surface area (Å²) in [6.45, 7) is 7.00. The summed E-state index contributed by atoms with van der Waals surface area (Å²) >= 11 is 0. The number of carbonyl (C=O) groups is 1. The van der Waals surface area contributed by atoms with Crippen molar-refractivity contribution in [3.05, 3.63) is 54.1 Å². The third-order valence-electron chi connectivity index (χ3n) is 5.21. The first kappa shape index (κ1) is 24.2. The Morgan fingerprint density at radius 2 is 1.94 bits per heavy atom. The highest BCUT2D eigenvalue weighted by Gasteiger charge is 2.27. The molecule has 32 heavy (non-hydrogen) atoms. The van der Waals surface area contributed by atoms with Gasteiger partial charge in [0.2, 0.25) is 15.9 Å². The number of aryl methyl sites for hydroxylation is 1. The van der Waals surface area contributed by atoms with E-state index >= 15 is 0 Å². The van der Waals surface area contributed by atoms with E-state index in [1.807, 2.05) is 26.8 Å². The van der Waals surface area contributed by atoms with Crippen LogP contribution in [-0.4, -0.2) is 39.7 Å².